The summed E-state index contributed by atoms with van der Waals surface area (Å²) in [7, 11) is 0. The van der Waals surface area contributed by atoms with Crippen LogP contribution < -0.4 is 10.6 Å². The third-order valence-electron chi connectivity index (χ3n) is 10.1. The number of aryl methyl sites for hydroxylation is 5. The van der Waals surface area contributed by atoms with Crippen molar-refractivity contribution in [1.82, 2.24) is 44.7 Å². The summed E-state index contributed by atoms with van der Waals surface area (Å²) in [6.07, 6.45) is 0.589. The lowest BCUT2D eigenvalue weighted by Crippen LogP contribution is -2.29. The Morgan fingerprint density at radius 2 is 1.36 bits per heavy atom. The first-order valence-electron chi connectivity index (χ1n) is 17.8. The monoisotopic (exact) mass is 723 g/mol. The highest BCUT2D eigenvalue weighted by Gasteiger charge is 2.35. The zero-order chi connectivity index (χ0) is 36.4. The van der Waals surface area contributed by atoms with Gasteiger partial charge in [-0.1, -0.05) is 53.4 Å². The average Bonchev–Trinajstić information content (AvgIpc) is 3.87. The molecule has 2 N–H and O–H groups in total. The normalized spacial score (nSPS) is 15.4. The van der Waals surface area contributed by atoms with Gasteiger partial charge in [0, 0.05) is 65.7 Å². The number of amides is 2. The molecule has 7 heterocycles. The van der Waals surface area contributed by atoms with Crippen LogP contribution in [0.4, 0.5) is 0 Å². The van der Waals surface area contributed by atoms with E-state index in [2.05, 4.69) is 90.6 Å². The first-order valence-corrected chi connectivity index (χ1v) is 18.6. The molecule has 53 heavy (non-hydrogen) atoms. The molecule has 2 aliphatic rings. The molecular weight excluding hydrogens is 687 g/mol. The van der Waals surface area contributed by atoms with E-state index in [1.54, 1.807) is 4.68 Å². The minimum absolute atomic E-state index is 0.214. The number of thioether (sulfide) groups is 1. The second-order valence-electron chi connectivity index (χ2n) is 13.7. The number of benzene rings is 2. The Bertz CT molecular complexity index is 2720. The van der Waals surface area contributed by atoms with Crippen molar-refractivity contribution in [3.8, 4) is 0 Å². The standard InChI is InChI=1S/C39H37N11O2S/c1-21-19-23(3)42-35-30(21)25-9-5-7-11-28(25)48(35)17-14-40-37(51)32-34-27(44-45-32)13-16-50-39(53-34)33(46-47-50)38(52)41-15-18-49-29-12-8-6-10-26(29)31-22(2)20-24(4)43-36(31)49/h5-12,19-20,27H,13-18H2,1-4H3,(H,40,51)(H,41,52). The molecular formula is C39H37N11O2S. The number of para-hydroxylation sites is 2. The van der Waals surface area contributed by atoms with E-state index in [0.29, 0.717) is 49.1 Å². The molecule has 0 bridgehead atoms. The summed E-state index contributed by atoms with van der Waals surface area (Å²) in [5.74, 6) is -0.640. The maximum atomic E-state index is 13.6. The predicted molar refractivity (Wildman–Crippen MR) is 205 cm³/mol. The number of fused-ring (bicyclic) bond motifs is 8. The Morgan fingerprint density at radius 3 is 1.96 bits per heavy atom. The summed E-state index contributed by atoms with van der Waals surface area (Å²) in [5, 5.41) is 28.6. The largest absolute Gasteiger partial charge is 0.349 e. The predicted octanol–water partition coefficient (Wildman–Crippen LogP) is 6.31. The molecule has 14 heteroatoms. The Morgan fingerprint density at radius 1 is 0.792 bits per heavy atom. The smallest absolute Gasteiger partial charge is 0.274 e. The lowest BCUT2D eigenvalue weighted by molar-refractivity contribution is -0.117. The summed E-state index contributed by atoms with van der Waals surface area (Å²) < 4.78 is 6.04. The van der Waals surface area contributed by atoms with E-state index in [9.17, 15) is 9.59 Å². The SMILES string of the molecule is Cc1cc(C)c2c3ccccc3n(CCNC(=O)C3=C4Sc5c(C(=O)NCCn6c7ccccc7c7c(C)cc(C)nc76)nnn5CCC4N=N3)c2n1. The Hall–Kier alpha value is -5.89. The molecule has 2 aromatic carbocycles. The lowest BCUT2D eigenvalue weighted by atomic mass is 10.1. The van der Waals surface area contributed by atoms with E-state index in [1.807, 2.05) is 38.1 Å². The van der Waals surface area contributed by atoms with Gasteiger partial charge in [-0.15, -0.1) is 10.2 Å². The second-order valence-corrected chi connectivity index (χ2v) is 14.7. The molecule has 0 aliphatic carbocycles. The van der Waals surface area contributed by atoms with Crippen LogP contribution >= 0.6 is 11.8 Å². The molecule has 0 spiro atoms. The molecule has 1 atom stereocenters. The number of nitrogens with zero attached hydrogens (tertiary/aromatic N) is 9. The number of hydrogen-bond donors (Lipinski definition) is 2. The molecule has 2 amide bonds. The second kappa shape index (κ2) is 13.0. The molecule has 7 aromatic rings. The minimum Gasteiger partial charge on any atom is -0.349 e. The summed E-state index contributed by atoms with van der Waals surface area (Å²) in [4.78, 5) is 37.7. The number of carbonyl (C=O) groups is 2. The van der Waals surface area contributed by atoms with Crippen LogP contribution in [0.5, 0.6) is 0 Å². The zero-order valence-corrected chi connectivity index (χ0v) is 30.7. The van der Waals surface area contributed by atoms with Gasteiger partial charge in [0.1, 0.15) is 22.4 Å². The Balaban J connectivity index is 0.916. The maximum absolute atomic E-state index is 13.6. The molecule has 5 aromatic heterocycles. The molecule has 0 saturated carbocycles. The molecule has 1 unspecified atom stereocenters. The van der Waals surface area contributed by atoms with Crippen LogP contribution in [0.15, 0.2) is 86.5 Å². The van der Waals surface area contributed by atoms with E-state index in [0.717, 1.165) is 55.3 Å². The highest BCUT2D eigenvalue weighted by molar-refractivity contribution is 8.03. The lowest BCUT2D eigenvalue weighted by Gasteiger charge is -2.11. The Kier molecular flexibility index (Phi) is 8.06. The molecule has 266 valence electrons. The fourth-order valence-electron chi connectivity index (χ4n) is 7.83. The van der Waals surface area contributed by atoms with Crippen LogP contribution in [0.25, 0.3) is 43.9 Å². The van der Waals surface area contributed by atoms with Gasteiger partial charge in [0.25, 0.3) is 11.8 Å². The van der Waals surface area contributed by atoms with E-state index < -0.39 is 0 Å². The summed E-state index contributed by atoms with van der Waals surface area (Å²) in [6, 6.07) is 20.4. The molecule has 2 aliphatic heterocycles. The molecule has 0 radical (unpaired) electrons. The number of hydrogen-bond acceptors (Lipinski definition) is 9. The number of azo groups is 1. The minimum atomic E-state index is -0.331. The molecule has 9 rings (SSSR count). The van der Waals surface area contributed by atoms with Crippen LogP contribution in [-0.4, -0.2) is 65.0 Å². The third kappa shape index (κ3) is 5.55. The number of rotatable bonds is 8. The maximum Gasteiger partial charge on any atom is 0.274 e. The van der Waals surface area contributed by atoms with Gasteiger partial charge in [-0.2, -0.15) is 5.11 Å². The van der Waals surface area contributed by atoms with Crippen LogP contribution in [0.3, 0.4) is 0 Å². The first kappa shape index (κ1) is 33.0. The van der Waals surface area contributed by atoms with Crippen molar-refractivity contribution in [1.29, 1.82) is 0 Å². The molecule has 0 fully saturated rings. The van der Waals surface area contributed by atoms with Crippen LogP contribution in [-0.2, 0) is 24.4 Å². The third-order valence-corrected chi connectivity index (χ3v) is 11.4. The van der Waals surface area contributed by atoms with Gasteiger partial charge < -0.3 is 19.8 Å². The van der Waals surface area contributed by atoms with Gasteiger partial charge in [0.05, 0.1) is 15.9 Å². The van der Waals surface area contributed by atoms with Gasteiger partial charge in [0.2, 0.25) is 0 Å². The first-order chi connectivity index (χ1) is 25.8. The van der Waals surface area contributed by atoms with E-state index in [1.165, 1.54) is 22.9 Å². The van der Waals surface area contributed by atoms with Crippen molar-refractivity contribution in [2.75, 3.05) is 13.1 Å². The number of nitrogens with one attached hydrogen (secondary N) is 2. The highest BCUT2D eigenvalue weighted by atomic mass is 32.2. The van der Waals surface area contributed by atoms with Crippen LogP contribution in [0.1, 0.15) is 39.4 Å². The van der Waals surface area contributed by atoms with Gasteiger partial charge in [-0.25, -0.2) is 14.6 Å². The highest BCUT2D eigenvalue weighted by Crippen LogP contribution is 2.42. The van der Waals surface area contributed by atoms with Gasteiger partial charge in [-0.3, -0.25) is 9.59 Å². The number of aromatic nitrogens is 7. The van der Waals surface area contributed by atoms with E-state index in [-0.39, 0.29) is 29.2 Å². The number of pyridine rings is 2. The topological polar surface area (TPSA) is 149 Å². The fourth-order valence-corrected chi connectivity index (χ4v) is 9.04. The average molecular weight is 724 g/mol. The van der Waals surface area contributed by atoms with E-state index in [4.69, 9.17) is 9.97 Å². The molecule has 13 nitrogen and oxygen atoms in total. The number of carbonyl (C=O) groups excluding carboxylic acids is 2. The summed E-state index contributed by atoms with van der Waals surface area (Å²) in [5.41, 5.74) is 8.67. The summed E-state index contributed by atoms with van der Waals surface area (Å²) in [6.45, 7) is 10.5. The Labute approximate surface area is 308 Å². The van der Waals surface area contributed by atoms with Crippen molar-refractivity contribution in [2.24, 2.45) is 10.2 Å². The van der Waals surface area contributed by atoms with Crippen molar-refractivity contribution >= 4 is 67.4 Å². The van der Waals surface area contributed by atoms with Crippen molar-refractivity contribution in [3.05, 3.63) is 99.5 Å². The van der Waals surface area contributed by atoms with Crippen molar-refractivity contribution in [3.63, 3.8) is 0 Å². The van der Waals surface area contributed by atoms with Gasteiger partial charge in [-0.05, 0) is 69.5 Å². The molecule has 0 saturated heterocycles. The quantitative estimate of drug-likeness (QED) is 0.187. The summed E-state index contributed by atoms with van der Waals surface area (Å²) >= 11 is 1.30. The van der Waals surface area contributed by atoms with Crippen LogP contribution in [0.2, 0.25) is 0 Å². The van der Waals surface area contributed by atoms with E-state index >= 15 is 0 Å². The fraction of sp³-hybridized carbons (Fsp3) is 0.282. The van der Waals surface area contributed by atoms with Crippen molar-refractivity contribution in [2.45, 2.75) is 64.8 Å². The van der Waals surface area contributed by atoms with Gasteiger partial charge >= 0.3 is 0 Å². The van der Waals surface area contributed by atoms with Crippen LogP contribution in [0, 0.1) is 27.7 Å². The van der Waals surface area contributed by atoms with Crippen molar-refractivity contribution < 1.29 is 9.59 Å². The van der Waals surface area contributed by atoms with Gasteiger partial charge in [0.15, 0.2) is 11.4 Å². The zero-order valence-electron chi connectivity index (χ0n) is 29.8.